The fourth-order valence-corrected chi connectivity index (χ4v) is 1.70. The van der Waals surface area contributed by atoms with Gasteiger partial charge in [0.1, 0.15) is 6.04 Å². The number of urea groups is 1. The first-order chi connectivity index (χ1) is 8.40. The van der Waals surface area contributed by atoms with E-state index in [9.17, 15) is 14.4 Å². The summed E-state index contributed by atoms with van der Waals surface area (Å²) in [5.74, 6) is -1.01. The lowest BCUT2D eigenvalue weighted by Crippen LogP contribution is -2.48. The maximum atomic E-state index is 11.4. The minimum Gasteiger partial charge on any atom is -0.480 e. The average Bonchev–Trinajstić information content (AvgIpc) is 3.07. The third kappa shape index (κ3) is 5.03. The second-order valence-electron chi connectivity index (χ2n) is 4.73. The summed E-state index contributed by atoms with van der Waals surface area (Å²) in [5.41, 5.74) is 4.90. The highest BCUT2D eigenvalue weighted by Gasteiger charge is 2.28. The third-order valence-electron chi connectivity index (χ3n) is 3.02. The quantitative estimate of drug-likeness (QED) is 0.498. The molecular formula is C11H19N3O4. The summed E-state index contributed by atoms with van der Waals surface area (Å²) in [6.07, 6.45) is 1.95. The first-order valence-corrected chi connectivity index (χ1v) is 5.95. The number of amides is 3. The summed E-state index contributed by atoms with van der Waals surface area (Å²) in [5, 5.41) is 13.6. The smallest absolute Gasteiger partial charge is 0.326 e. The Hall–Kier alpha value is -1.79. The highest BCUT2D eigenvalue weighted by molar-refractivity contribution is 5.87. The molecular weight excluding hydrogens is 238 g/mol. The number of hydrogen-bond donors (Lipinski definition) is 4. The normalized spacial score (nSPS) is 17.6. The number of hydrogen-bond acceptors (Lipinski definition) is 3. The number of carboxylic acid groups (broad SMARTS) is 1. The molecule has 0 aromatic heterocycles. The van der Waals surface area contributed by atoms with Gasteiger partial charge >= 0.3 is 12.0 Å². The van der Waals surface area contributed by atoms with Gasteiger partial charge in [-0.1, -0.05) is 6.92 Å². The maximum Gasteiger partial charge on any atom is 0.326 e. The van der Waals surface area contributed by atoms with E-state index in [2.05, 4.69) is 10.6 Å². The molecule has 1 aliphatic carbocycles. The Labute approximate surface area is 105 Å². The molecule has 18 heavy (non-hydrogen) atoms. The van der Waals surface area contributed by atoms with Crippen LogP contribution in [0.1, 0.15) is 26.2 Å². The molecule has 5 N–H and O–H groups in total. The van der Waals surface area contributed by atoms with E-state index in [1.165, 1.54) is 12.8 Å². The monoisotopic (exact) mass is 257 g/mol. The minimum absolute atomic E-state index is 0.384. The van der Waals surface area contributed by atoms with E-state index in [4.69, 9.17) is 10.8 Å². The van der Waals surface area contributed by atoms with Crippen molar-refractivity contribution in [1.82, 2.24) is 10.6 Å². The first kappa shape index (κ1) is 14.3. The molecule has 1 rings (SSSR count). The van der Waals surface area contributed by atoms with Crippen molar-refractivity contribution in [2.75, 3.05) is 6.54 Å². The van der Waals surface area contributed by atoms with Gasteiger partial charge in [0.2, 0.25) is 5.91 Å². The summed E-state index contributed by atoms with van der Waals surface area (Å²) in [6.45, 7) is 2.54. The van der Waals surface area contributed by atoms with Crippen molar-refractivity contribution in [2.24, 2.45) is 17.6 Å². The summed E-state index contributed by atoms with van der Waals surface area (Å²) < 4.78 is 0. The van der Waals surface area contributed by atoms with E-state index in [0.29, 0.717) is 18.4 Å². The molecule has 0 heterocycles. The highest BCUT2D eigenvalue weighted by atomic mass is 16.4. The third-order valence-corrected chi connectivity index (χ3v) is 3.02. The predicted octanol–water partition coefficient (Wildman–Crippen LogP) is -0.340. The zero-order valence-electron chi connectivity index (χ0n) is 10.3. The standard InChI is InChI=1S/C11H19N3O4/c1-6(7-2-3-7)5-13-11(18)14-8(10(16)17)4-9(12)15/h6-8H,2-5H2,1H3,(H2,12,15)(H,16,17)(H2,13,14,18)/t6?,8-/m1/s1. The zero-order valence-corrected chi connectivity index (χ0v) is 10.3. The molecule has 0 aromatic carbocycles. The molecule has 0 spiro atoms. The molecule has 1 aliphatic rings. The average molecular weight is 257 g/mol. The summed E-state index contributed by atoms with van der Waals surface area (Å²) in [4.78, 5) is 32.9. The molecule has 3 amide bonds. The largest absolute Gasteiger partial charge is 0.480 e. The molecule has 2 atom stereocenters. The number of nitrogens with two attached hydrogens (primary N) is 1. The summed E-state index contributed by atoms with van der Waals surface area (Å²) in [7, 11) is 0. The van der Waals surface area contributed by atoms with Crippen molar-refractivity contribution < 1.29 is 19.5 Å². The van der Waals surface area contributed by atoms with Crippen LogP contribution in [-0.4, -0.2) is 35.6 Å². The van der Waals surface area contributed by atoms with Crippen molar-refractivity contribution in [3.05, 3.63) is 0 Å². The van der Waals surface area contributed by atoms with Gasteiger partial charge in [-0.15, -0.1) is 0 Å². The van der Waals surface area contributed by atoms with Crippen molar-refractivity contribution >= 4 is 17.9 Å². The zero-order chi connectivity index (χ0) is 13.7. The van der Waals surface area contributed by atoms with Crippen LogP contribution in [0.4, 0.5) is 4.79 Å². The van der Waals surface area contributed by atoms with Crippen LogP contribution in [0.5, 0.6) is 0 Å². The molecule has 0 radical (unpaired) electrons. The van der Waals surface area contributed by atoms with Gasteiger partial charge in [-0.2, -0.15) is 0 Å². The van der Waals surface area contributed by atoms with Gasteiger partial charge in [-0.3, -0.25) is 4.79 Å². The molecule has 7 heteroatoms. The van der Waals surface area contributed by atoms with Gasteiger partial charge in [0.25, 0.3) is 0 Å². The lowest BCUT2D eigenvalue weighted by atomic mass is 10.1. The number of carboxylic acids is 1. The molecule has 0 bridgehead atoms. The van der Waals surface area contributed by atoms with Gasteiger partial charge < -0.3 is 21.5 Å². The number of nitrogens with one attached hydrogen (secondary N) is 2. The van der Waals surface area contributed by atoms with Gasteiger partial charge in [0, 0.05) is 6.54 Å². The molecule has 7 nitrogen and oxygen atoms in total. The van der Waals surface area contributed by atoms with E-state index in [1.807, 2.05) is 6.92 Å². The van der Waals surface area contributed by atoms with Crippen molar-refractivity contribution in [3.63, 3.8) is 0 Å². The molecule has 1 saturated carbocycles. The van der Waals surface area contributed by atoms with Crippen molar-refractivity contribution in [1.29, 1.82) is 0 Å². The first-order valence-electron chi connectivity index (χ1n) is 5.95. The lowest BCUT2D eigenvalue weighted by Gasteiger charge is -2.15. The summed E-state index contributed by atoms with van der Waals surface area (Å²) in [6, 6.07) is -1.87. The molecule has 1 fully saturated rings. The van der Waals surface area contributed by atoms with Crippen LogP contribution in [0.3, 0.4) is 0 Å². The fourth-order valence-electron chi connectivity index (χ4n) is 1.70. The Morgan fingerprint density at radius 2 is 2.00 bits per heavy atom. The van der Waals surface area contributed by atoms with Crippen molar-refractivity contribution in [2.45, 2.75) is 32.2 Å². The summed E-state index contributed by atoms with van der Waals surface area (Å²) >= 11 is 0. The van der Waals surface area contributed by atoms with Crippen LogP contribution in [0, 0.1) is 11.8 Å². The van der Waals surface area contributed by atoms with Crippen LogP contribution in [-0.2, 0) is 9.59 Å². The maximum absolute atomic E-state index is 11.4. The van der Waals surface area contributed by atoms with Crippen LogP contribution in [0.25, 0.3) is 0 Å². The Morgan fingerprint density at radius 1 is 1.39 bits per heavy atom. The SMILES string of the molecule is CC(CNC(=O)N[C@H](CC(N)=O)C(=O)O)C1CC1. The van der Waals surface area contributed by atoms with E-state index >= 15 is 0 Å². The molecule has 0 aliphatic heterocycles. The topological polar surface area (TPSA) is 122 Å². The predicted molar refractivity (Wildman–Crippen MR) is 63.7 cm³/mol. The van der Waals surface area contributed by atoms with Crippen LogP contribution < -0.4 is 16.4 Å². The Bertz CT molecular complexity index is 341. The minimum atomic E-state index is -1.28. The van der Waals surface area contributed by atoms with Gasteiger partial charge in [-0.05, 0) is 24.7 Å². The van der Waals surface area contributed by atoms with Crippen LogP contribution >= 0.6 is 0 Å². The molecule has 0 saturated heterocycles. The molecule has 0 aromatic rings. The van der Waals surface area contributed by atoms with Gasteiger partial charge in [0.05, 0.1) is 6.42 Å². The Balaban J connectivity index is 2.31. The molecule has 1 unspecified atom stereocenters. The second-order valence-corrected chi connectivity index (χ2v) is 4.73. The van der Waals surface area contributed by atoms with Gasteiger partial charge in [0.15, 0.2) is 0 Å². The highest BCUT2D eigenvalue weighted by Crippen LogP contribution is 2.35. The number of primary amides is 1. The number of carbonyl (C=O) groups is 3. The van der Waals surface area contributed by atoms with E-state index < -0.39 is 30.4 Å². The second kappa shape index (κ2) is 6.23. The van der Waals surface area contributed by atoms with Crippen molar-refractivity contribution in [3.8, 4) is 0 Å². The number of rotatable bonds is 7. The number of carbonyl (C=O) groups excluding carboxylic acids is 2. The lowest BCUT2D eigenvalue weighted by molar-refractivity contribution is -0.140. The fraction of sp³-hybridized carbons (Fsp3) is 0.727. The van der Waals surface area contributed by atoms with Gasteiger partial charge in [-0.25, -0.2) is 9.59 Å². The number of aliphatic carboxylic acids is 1. The molecule has 102 valence electrons. The Kier molecular flexibility index (Phi) is 4.94. The van der Waals surface area contributed by atoms with Crippen LogP contribution in [0.15, 0.2) is 0 Å². The van der Waals surface area contributed by atoms with E-state index in [1.54, 1.807) is 0 Å². The van der Waals surface area contributed by atoms with E-state index in [0.717, 1.165) is 0 Å². The van der Waals surface area contributed by atoms with Crippen LogP contribution in [0.2, 0.25) is 0 Å². The Morgan fingerprint density at radius 3 is 2.44 bits per heavy atom. The van der Waals surface area contributed by atoms with E-state index in [-0.39, 0.29) is 0 Å².